The van der Waals surface area contributed by atoms with Crippen LogP contribution in [0.2, 0.25) is 0 Å². The summed E-state index contributed by atoms with van der Waals surface area (Å²) < 4.78 is 16.9. The molecule has 7 N–H and O–H groups in total. The summed E-state index contributed by atoms with van der Waals surface area (Å²) in [4.78, 5) is 73.0. The molecule has 0 bridgehead atoms. The first-order chi connectivity index (χ1) is 23.5. The lowest BCUT2D eigenvalue weighted by atomic mass is 9.92. The van der Waals surface area contributed by atoms with E-state index in [1.807, 2.05) is 20.8 Å². The van der Waals surface area contributed by atoms with Gasteiger partial charge in [0.15, 0.2) is 35.1 Å². The Morgan fingerprint density at radius 2 is 1.56 bits per heavy atom. The highest BCUT2D eigenvalue weighted by atomic mass is 16.6. The molecular weight excluding hydrogens is 660 g/mol. The number of aromatic hydroxyl groups is 4. The number of carbonyl (C=O) groups is 6. The fourth-order valence-corrected chi connectivity index (χ4v) is 4.95. The molecule has 50 heavy (non-hydrogen) atoms. The molecule has 16 nitrogen and oxygen atoms in total. The van der Waals surface area contributed by atoms with Crippen LogP contribution in [-0.2, 0) is 33.4 Å². The second kappa shape index (κ2) is 18.9. The van der Waals surface area contributed by atoms with E-state index in [0.29, 0.717) is 19.3 Å². The molecule has 0 radical (unpaired) electrons. The fourth-order valence-electron chi connectivity index (χ4n) is 4.95. The number of nitrogens with one attached hydrogen (secondary N) is 2. The number of amides is 2. The third-order valence-electron chi connectivity index (χ3n) is 7.55. The summed E-state index contributed by atoms with van der Waals surface area (Å²) in [6.45, 7) is 8.70. The van der Waals surface area contributed by atoms with Crippen molar-refractivity contribution in [2.75, 3.05) is 5.32 Å². The number of hydrogen-bond acceptors (Lipinski definition) is 13. The van der Waals surface area contributed by atoms with E-state index in [9.17, 15) is 33.9 Å². The van der Waals surface area contributed by atoms with Gasteiger partial charge in [-0.1, -0.05) is 46.1 Å². The zero-order valence-corrected chi connectivity index (χ0v) is 28.4. The molecule has 1 aliphatic rings. The molecule has 1 saturated heterocycles. The van der Waals surface area contributed by atoms with Crippen LogP contribution in [0.1, 0.15) is 87.4 Å². The Balaban J connectivity index is 0.000000606. The molecule has 0 spiro atoms. The van der Waals surface area contributed by atoms with Crippen molar-refractivity contribution in [3.8, 4) is 23.0 Å². The van der Waals surface area contributed by atoms with E-state index in [2.05, 4.69) is 10.6 Å². The van der Waals surface area contributed by atoms with Gasteiger partial charge in [-0.05, 0) is 50.5 Å². The van der Waals surface area contributed by atoms with Crippen molar-refractivity contribution < 1.29 is 68.5 Å². The Morgan fingerprint density at radius 1 is 0.940 bits per heavy atom. The summed E-state index contributed by atoms with van der Waals surface area (Å²) in [6.07, 6.45) is 0.0639. The number of anilines is 1. The van der Waals surface area contributed by atoms with Crippen LogP contribution in [0.15, 0.2) is 30.3 Å². The summed E-state index contributed by atoms with van der Waals surface area (Å²) in [5.74, 6) is -7.61. The number of rotatable bonds is 12. The zero-order valence-electron chi connectivity index (χ0n) is 28.4. The number of carboxylic acids is 1. The van der Waals surface area contributed by atoms with Crippen LogP contribution < -0.4 is 10.6 Å². The fraction of sp³-hybridized carbons (Fsp3) is 0.471. The smallest absolute Gasteiger partial charge is 0.335 e. The van der Waals surface area contributed by atoms with Gasteiger partial charge in [-0.2, -0.15) is 0 Å². The van der Waals surface area contributed by atoms with Crippen molar-refractivity contribution in [2.24, 2.45) is 11.8 Å². The number of phenols is 4. The predicted molar refractivity (Wildman–Crippen MR) is 176 cm³/mol. The Kier molecular flexibility index (Phi) is 15.3. The Morgan fingerprint density at radius 3 is 2.12 bits per heavy atom. The molecule has 274 valence electrons. The minimum absolute atomic E-state index is 0.00114. The normalized spacial score (nSPS) is 20.4. The van der Waals surface area contributed by atoms with Gasteiger partial charge >= 0.3 is 23.9 Å². The van der Waals surface area contributed by atoms with Crippen molar-refractivity contribution in [1.82, 2.24) is 5.32 Å². The highest BCUT2D eigenvalue weighted by Gasteiger charge is 2.44. The average Bonchev–Trinajstić information content (AvgIpc) is 3.06. The molecule has 0 aliphatic carbocycles. The molecule has 0 aromatic heterocycles. The molecule has 1 fully saturated rings. The monoisotopic (exact) mass is 704 g/mol. The number of phenolic OH excluding ortho intramolecular Hbond substituents is 4. The second-order valence-electron chi connectivity index (χ2n) is 12.0. The maximum Gasteiger partial charge on any atom is 0.335 e. The van der Waals surface area contributed by atoms with Gasteiger partial charge in [0.05, 0.1) is 22.7 Å². The van der Waals surface area contributed by atoms with E-state index < -0.39 is 83.1 Å². The molecule has 3 rings (SSSR count). The molecule has 5 unspecified atom stereocenters. The summed E-state index contributed by atoms with van der Waals surface area (Å²) in [5, 5.41) is 50.1. The van der Waals surface area contributed by atoms with Crippen LogP contribution in [-0.4, -0.2) is 86.1 Å². The Labute approximate surface area is 288 Å². The van der Waals surface area contributed by atoms with E-state index in [4.69, 9.17) is 34.6 Å². The second-order valence-corrected chi connectivity index (χ2v) is 12.0. The maximum absolute atomic E-state index is 13.3. The van der Waals surface area contributed by atoms with Gasteiger partial charge in [-0.3, -0.25) is 19.2 Å². The number of carbonyl (C=O) groups excluding carboxylic acids is 5. The molecule has 16 heteroatoms. The first kappa shape index (κ1) is 40.6. The maximum atomic E-state index is 13.3. The lowest BCUT2D eigenvalue weighted by molar-refractivity contribution is -0.175. The predicted octanol–water partition coefficient (Wildman–Crippen LogP) is 3.59. The van der Waals surface area contributed by atoms with Crippen LogP contribution in [0.4, 0.5) is 5.69 Å². The first-order valence-electron chi connectivity index (χ1n) is 15.9. The highest BCUT2D eigenvalue weighted by molar-refractivity contribution is 6.01. The van der Waals surface area contributed by atoms with Gasteiger partial charge in [0.1, 0.15) is 12.2 Å². The number of para-hydroxylation sites is 1. The minimum atomic E-state index is -1.42. The SMILES string of the molecule is CCCCCC1C(=O)OC(C)C(NC(=O)c2cccc(NC=O)c2O)C(=O)OC(C)C1OC(=O)CC(C)C.O=C(O)c1cc(O)c(O)c(O)c1. The number of esters is 3. The van der Waals surface area contributed by atoms with Crippen molar-refractivity contribution in [2.45, 2.75) is 91.1 Å². The standard InChI is InChI=1S/C27H38N2O9.C7H6O5/c1-6-7-8-10-19-24(38-21(31)13-15(2)3)17(5)37-27(35)22(16(4)36-26(19)34)29-25(33)18-11-9-12-20(23(18)32)28-14-30;8-4-1-3(7(11)12)2-5(9)6(4)10/h9,11-12,14-17,19,22,24,32H,6-8,10,13H2,1-5H3,(H,28,30)(H,29,33);1-2,8-10H,(H,11,12). The number of aromatic carboxylic acids is 1. The molecule has 2 amide bonds. The average molecular weight is 705 g/mol. The number of carboxylic acid groups (broad SMARTS) is 1. The van der Waals surface area contributed by atoms with Crippen LogP contribution in [0.5, 0.6) is 23.0 Å². The summed E-state index contributed by atoms with van der Waals surface area (Å²) in [7, 11) is 0. The highest BCUT2D eigenvalue weighted by Crippen LogP contribution is 2.35. The Bertz CT molecular complexity index is 1520. The number of ether oxygens (including phenoxy) is 3. The van der Waals surface area contributed by atoms with Crippen molar-refractivity contribution in [3.05, 3.63) is 41.5 Å². The van der Waals surface area contributed by atoms with Gasteiger partial charge in [0.25, 0.3) is 5.91 Å². The topological polar surface area (TPSA) is 255 Å². The van der Waals surface area contributed by atoms with Crippen molar-refractivity contribution in [3.63, 3.8) is 0 Å². The summed E-state index contributed by atoms with van der Waals surface area (Å²) in [6, 6.07) is 4.39. The van der Waals surface area contributed by atoms with Crippen LogP contribution in [0.3, 0.4) is 0 Å². The third-order valence-corrected chi connectivity index (χ3v) is 7.55. The largest absolute Gasteiger partial charge is 0.505 e. The van der Waals surface area contributed by atoms with Gasteiger partial charge in [0, 0.05) is 6.42 Å². The number of unbranched alkanes of at least 4 members (excludes halogenated alkanes) is 2. The molecule has 2 aromatic rings. The quantitative estimate of drug-likeness (QED) is 0.0548. The molecule has 1 aliphatic heterocycles. The van der Waals surface area contributed by atoms with E-state index in [-0.39, 0.29) is 29.2 Å². The van der Waals surface area contributed by atoms with Gasteiger partial charge < -0.3 is 50.4 Å². The lowest BCUT2D eigenvalue weighted by Crippen LogP contribution is -2.50. The molecule has 1 heterocycles. The van der Waals surface area contributed by atoms with E-state index in [1.165, 1.54) is 32.0 Å². The van der Waals surface area contributed by atoms with Crippen molar-refractivity contribution >= 4 is 41.9 Å². The van der Waals surface area contributed by atoms with Crippen LogP contribution in [0, 0.1) is 11.8 Å². The summed E-state index contributed by atoms with van der Waals surface area (Å²) in [5.41, 5.74) is -0.504. The van der Waals surface area contributed by atoms with Crippen LogP contribution in [0.25, 0.3) is 0 Å². The molecule has 0 saturated carbocycles. The number of benzene rings is 2. The first-order valence-corrected chi connectivity index (χ1v) is 15.9. The third kappa shape index (κ3) is 11.3. The number of cyclic esters (lactones) is 2. The van der Waals surface area contributed by atoms with E-state index in [0.717, 1.165) is 25.0 Å². The summed E-state index contributed by atoms with van der Waals surface area (Å²) >= 11 is 0. The van der Waals surface area contributed by atoms with Gasteiger partial charge in [-0.15, -0.1) is 0 Å². The Hall–Kier alpha value is -5.54. The van der Waals surface area contributed by atoms with E-state index in [1.54, 1.807) is 0 Å². The molecular formula is C34H44N2O14. The molecule has 5 atom stereocenters. The van der Waals surface area contributed by atoms with E-state index >= 15 is 0 Å². The van der Waals surface area contributed by atoms with Crippen LogP contribution >= 0.6 is 0 Å². The van der Waals surface area contributed by atoms with Gasteiger partial charge in [0.2, 0.25) is 6.41 Å². The number of hydrogen-bond donors (Lipinski definition) is 7. The zero-order chi connectivity index (χ0) is 37.7. The molecule has 2 aromatic carbocycles. The van der Waals surface area contributed by atoms with Crippen molar-refractivity contribution in [1.29, 1.82) is 0 Å². The minimum Gasteiger partial charge on any atom is -0.505 e. The van der Waals surface area contributed by atoms with Gasteiger partial charge in [-0.25, -0.2) is 9.59 Å². The lowest BCUT2D eigenvalue weighted by Gasteiger charge is -2.29.